The van der Waals surface area contributed by atoms with Gasteiger partial charge in [0.05, 0.1) is 17.7 Å². The van der Waals surface area contributed by atoms with E-state index < -0.39 is 0 Å². The second kappa shape index (κ2) is 4.12. The van der Waals surface area contributed by atoms with Crippen molar-refractivity contribution in [1.82, 2.24) is 0 Å². The molecule has 90 valence electrons. The minimum Gasteiger partial charge on any atom is -0.380 e. The van der Waals surface area contributed by atoms with Crippen molar-refractivity contribution >= 4 is 0 Å². The fraction of sp³-hybridized carbons (Fsp3) is 0.312. The number of nitrogens with zero attached hydrogens (tertiary/aromatic N) is 1. The molecule has 0 aromatic heterocycles. The number of benzene rings is 1. The Morgan fingerprint density at radius 1 is 1.22 bits per heavy atom. The molecule has 2 nitrogen and oxygen atoms in total. The highest BCUT2D eigenvalue weighted by Crippen LogP contribution is 2.52. The van der Waals surface area contributed by atoms with Crippen molar-refractivity contribution in [2.45, 2.75) is 12.0 Å². The molecule has 2 heteroatoms. The monoisotopic (exact) mass is 237 g/mol. The molecular formula is C16H15NO. The van der Waals surface area contributed by atoms with Gasteiger partial charge in [-0.3, -0.25) is 0 Å². The van der Waals surface area contributed by atoms with Gasteiger partial charge in [0.15, 0.2) is 0 Å². The van der Waals surface area contributed by atoms with Crippen molar-refractivity contribution in [2.24, 2.45) is 11.8 Å². The molecule has 0 heterocycles. The van der Waals surface area contributed by atoms with Crippen LogP contribution in [-0.4, -0.2) is 13.2 Å². The van der Waals surface area contributed by atoms with E-state index in [-0.39, 0.29) is 6.10 Å². The second-order valence-corrected chi connectivity index (χ2v) is 4.97. The van der Waals surface area contributed by atoms with Gasteiger partial charge in [-0.25, -0.2) is 0 Å². The average Bonchev–Trinajstić information content (AvgIpc) is 2.93. The molecule has 0 aliphatic heterocycles. The number of methoxy groups -OCH3 is 1. The van der Waals surface area contributed by atoms with E-state index in [2.05, 4.69) is 24.8 Å². The van der Waals surface area contributed by atoms with Gasteiger partial charge >= 0.3 is 0 Å². The molecule has 2 aliphatic rings. The molecule has 2 bridgehead atoms. The third kappa shape index (κ3) is 1.45. The molecule has 0 N–H and O–H groups in total. The Morgan fingerprint density at radius 3 is 2.50 bits per heavy atom. The summed E-state index contributed by atoms with van der Waals surface area (Å²) >= 11 is 0. The zero-order valence-corrected chi connectivity index (χ0v) is 10.3. The molecule has 1 fully saturated rings. The third-order valence-electron chi connectivity index (χ3n) is 4.16. The van der Waals surface area contributed by atoms with Crippen molar-refractivity contribution in [3.8, 4) is 6.07 Å². The summed E-state index contributed by atoms with van der Waals surface area (Å²) in [7, 11) is 1.77. The Hall–Kier alpha value is -1.85. The summed E-state index contributed by atoms with van der Waals surface area (Å²) in [6.07, 6.45) is 4.69. The molecule has 1 aromatic carbocycles. The van der Waals surface area contributed by atoms with E-state index in [1.54, 1.807) is 7.11 Å². The second-order valence-electron chi connectivity index (χ2n) is 4.97. The van der Waals surface area contributed by atoms with Gasteiger partial charge in [-0.1, -0.05) is 36.4 Å². The van der Waals surface area contributed by atoms with Crippen LogP contribution >= 0.6 is 0 Å². The molecule has 18 heavy (non-hydrogen) atoms. The molecule has 1 aromatic rings. The first-order valence-corrected chi connectivity index (χ1v) is 6.16. The fourth-order valence-electron chi connectivity index (χ4n) is 3.30. The largest absolute Gasteiger partial charge is 0.380 e. The van der Waals surface area contributed by atoms with Crippen LogP contribution in [0.2, 0.25) is 0 Å². The topological polar surface area (TPSA) is 33.0 Å². The van der Waals surface area contributed by atoms with Crippen LogP contribution in [0, 0.1) is 23.2 Å². The van der Waals surface area contributed by atoms with Gasteiger partial charge < -0.3 is 4.74 Å². The first-order chi connectivity index (χ1) is 8.76. The average molecular weight is 237 g/mol. The Balaban J connectivity index is 1.96. The highest BCUT2D eigenvalue weighted by molar-refractivity contribution is 5.44. The van der Waals surface area contributed by atoms with Crippen LogP contribution in [0.1, 0.15) is 17.0 Å². The predicted molar refractivity (Wildman–Crippen MR) is 70.0 cm³/mol. The minimum absolute atomic E-state index is 0.234. The van der Waals surface area contributed by atoms with Crippen molar-refractivity contribution in [1.29, 1.82) is 5.26 Å². The zero-order valence-electron chi connectivity index (χ0n) is 10.3. The van der Waals surface area contributed by atoms with Gasteiger partial charge in [0, 0.05) is 24.9 Å². The van der Waals surface area contributed by atoms with E-state index in [1.165, 1.54) is 11.1 Å². The Labute approximate surface area is 107 Å². The number of hydrogen-bond acceptors (Lipinski definition) is 2. The molecule has 0 amide bonds. The molecule has 0 radical (unpaired) electrons. The standard InChI is InChI=1S/C16H15NO/c1-10-13-7-8-14(16(13)18-2)15(10)12-5-3-11(9-17)4-6-12/h3-8,13-16H,1H2,2H3/t13-,14+,15+,16+/m1/s1. The maximum atomic E-state index is 8.83. The maximum Gasteiger partial charge on any atom is 0.0991 e. The lowest BCUT2D eigenvalue weighted by Gasteiger charge is -2.21. The number of rotatable bonds is 2. The van der Waals surface area contributed by atoms with Crippen LogP contribution in [0.25, 0.3) is 0 Å². The summed E-state index contributed by atoms with van der Waals surface area (Å²) < 4.78 is 5.59. The summed E-state index contributed by atoms with van der Waals surface area (Å²) in [5.74, 6) is 1.07. The smallest absolute Gasteiger partial charge is 0.0991 e. The van der Waals surface area contributed by atoms with Gasteiger partial charge in [0.25, 0.3) is 0 Å². The molecule has 2 aliphatic carbocycles. The molecular weight excluding hydrogens is 222 g/mol. The highest BCUT2D eigenvalue weighted by Gasteiger charge is 2.48. The van der Waals surface area contributed by atoms with Crippen LogP contribution in [0.4, 0.5) is 0 Å². The van der Waals surface area contributed by atoms with E-state index in [1.807, 2.05) is 24.3 Å². The van der Waals surface area contributed by atoms with Gasteiger partial charge in [-0.2, -0.15) is 5.26 Å². The fourth-order valence-corrected chi connectivity index (χ4v) is 3.30. The predicted octanol–water partition coefficient (Wildman–Crippen LogP) is 3.03. The lowest BCUT2D eigenvalue weighted by Crippen LogP contribution is -2.18. The number of hydrogen-bond donors (Lipinski definition) is 0. The van der Waals surface area contributed by atoms with Crippen LogP contribution in [0.15, 0.2) is 48.6 Å². The summed E-state index contributed by atoms with van der Waals surface area (Å²) in [6, 6.07) is 9.97. The third-order valence-corrected chi connectivity index (χ3v) is 4.16. The summed E-state index contributed by atoms with van der Waals surface area (Å²) in [5, 5.41) is 8.83. The van der Waals surface area contributed by atoms with Crippen molar-refractivity contribution in [2.75, 3.05) is 7.11 Å². The molecule has 0 unspecified atom stereocenters. The molecule has 4 atom stereocenters. The minimum atomic E-state index is 0.234. The Morgan fingerprint density at radius 2 is 1.94 bits per heavy atom. The summed E-state index contributed by atoms with van der Waals surface area (Å²) in [6.45, 7) is 4.24. The molecule has 0 saturated heterocycles. The van der Waals surface area contributed by atoms with E-state index in [0.717, 1.165) is 0 Å². The summed E-state index contributed by atoms with van der Waals surface area (Å²) in [5.41, 5.74) is 3.17. The van der Waals surface area contributed by atoms with Crippen molar-refractivity contribution < 1.29 is 4.74 Å². The number of ether oxygens (including phenoxy) is 1. The van der Waals surface area contributed by atoms with Crippen molar-refractivity contribution in [3.05, 3.63) is 59.7 Å². The van der Waals surface area contributed by atoms with E-state index >= 15 is 0 Å². The zero-order chi connectivity index (χ0) is 12.7. The SMILES string of the molecule is C=C1[C@H]2C=C[C@H]([C@H]2OC)[C@@H]1c1ccc(C#N)cc1. The maximum absolute atomic E-state index is 8.83. The van der Waals surface area contributed by atoms with Gasteiger partial charge in [0.1, 0.15) is 0 Å². The van der Waals surface area contributed by atoms with E-state index in [4.69, 9.17) is 10.00 Å². The van der Waals surface area contributed by atoms with Gasteiger partial charge in [-0.15, -0.1) is 0 Å². The quantitative estimate of drug-likeness (QED) is 0.741. The summed E-state index contributed by atoms with van der Waals surface area (Å²) in [4.78, 5) is 0. The Bertz CT molecular complexity index is 549. The number of nitriles is 1. The molecule has 1 saturated carbocycles. The van der Waals surface area contributed by atoms with Crippen LogP contribution in [-0.2, 0) is 4.74 Å². The van der Waals surface area contributed by atoms with Crippen molar-refractivity contribution in [3.63, 3.8) is 0 Å². The lowest BCUT2D eigenvalue weighted by molar-refractivity contribution is 0.0740. The first kappa shape index (κ1) is 11.3. The van der Waals surface area contributed by atoms with Crippen LogP contribution in [0.5, 0.6) is 0 Å². The van der Waals surface area contributed by atoms with E-state index in [0.29, 0.717) is 23.3 Å². The Kier molecular flexibility index (Phi) is 2.57. The van der Waals surface area contributed by atoms with Gasteiger partial charge in [-0.05, 0) is 17.7 Å². The van der Waals surface area contributed by atoms with E-state index in [9.17, 15) is 0 Å². The first-order valence-electron chi connectivity index (χ1n) is 6.16. The highest BCUT2D eigenvalue weighted by atomic mass is 16.5. The number of fused-ring (bicyclic) bond motifs is 2. The molecule has 3 rings (SSSR count). The van der Waals surface area contributed by atoms with Crippen LogP contribution in [0.3, 0.4) is 0 Å². The normalized spacial score (nSPS) is 32.8. The lowest BCUT2D eigenvalue weighted by atomic mass is 9.83. The van der Waals surface area contributed by atoms with Crippen LogP contribution < -0.4 is 0 Å². The molecule has 0 spiro atoms. The van der Waals surface area contributed by atoms with Gasteiger partial charge in [0.2, 0.25) is 0 Å².